The molecule has 0 aliphatic heterocycles. The van der Waals surface area contributed by atoms with E-state index in [4.69, 9.17) is 40.8 Å². The summed E-state index contributed by atoms with van der Waals surface area (Å²) >= 11 is 20.3. The van der Waals surface area contributed by atoms with Crippen molar-refractivity contribution < 1.29 is 24.5 Å². The third-order valence-corrected chi connectivity index (χ3v) is 7.79. The lowest BCUT2D eigenvalue weighted by Gasteiger charge is -2.24. The summed E-state index contributed by atoms with van der Waals surface area (Å²) < 4.78 is 15.0. The van der Waals surface area contributed by atoms with Crippen molar-refractivity contribution in [3.8, 4) is 17.5 Å². The zero-order valence-electron chi connectivity index (χ0n) is 20.2. The van der Waals surface area contributed by atoms with Gasteiger partial charge in [0, 0.05) is 28.2 Å². The summed E-state index contributed by atoms with van der Waals surface area (Å²) in [5, 5.41) is 22.1. The summed E-state index contributed by atoms with van der Waals surface area (Å²) in [5.41, 5.74) is -1.65. The molecule has 0 saturated carbocycles. The Morgan fingerprint density at radius 1 is 0.973 bits per heavy atom. The van der Waals surface area contributed by atoms with E-state index in [9.17, 15) is 24.6 Å². The van der Waals surface area contributed by atoms with Gasteiger partial charge in [-0.2, -0.15) is 0 Å². The molecule has 0 saturated heterocycles. The molecule has 0 unspecified atom stereocenters. The van der Waals surface area contributed by atoms with Gasteiger partial charge in [-0.15, -0.1) is 0 Å². The van der Waals surface area contributed by atoms with E-state index in [0.29, 0.717) is 0 Å². The molecule has 2 heterocycles. The van der Waals surface area contributed by atoms with Crippen LogP contribution < -0.4 is 15.9 Å². The van der Waals surface area contributed by atoms with Gasteiger partial charge in [-0.1, -0.05) is 11.6 Å². The van der Waals surface area contributed by atoms with E-state index in [1.807, 2.05) is 0 Å². The Morgan fingerprint density at radius 2 is 1.43 bits per heavy atom. The molecule has 37 heavy (non-hydrogen) atoms. The number of ether oxygens (including phenoxy) is 2. The van der Waals surface area contributed by atoms with Crippen LogP contribution >= 0.6 is 52.0 Å². The summed E-state index contributed by atoms with van der Waals surface area (Å²) in [6, 6.07) is 2.88. The van der Waals surface area contributed by atoms with Crippen LogP contribution in [0.3, 0.4) is 0 Å². The average Bonchev–Trinajstić information content (AvgIpc) is 2.86. The van der Waals surface area contributed by atoms with E-state index in [2.05, 4.69) is 20.7 Å². The third-order valence-electron chi connectivity index (χ3n) is 5.83. The van der Waals surface area contributed by atoms with Gasteiger partial charge in [0.2, 0.25) is 11.8 Å². The Kier molecular flexibility index (Phi) is 8.37. The third kappa shape index (κ3) is 4.98. The molecular weight excluding hydrogens is 612 g/mol. The molecule has 11 nitrogen and oxygen atoms in total. The summed E-state index contributed by atoms with van der Waals surface area (Å²) in [6.07, 6.45) is 0. The van der Waals surface area contributed by atoms with Gasteiger partial charge in [-0.05, 0) is 58.1 Å². The first-order valence-corrected chi connectivity index (χ1v) is 12.4. The van der Waals surface area contributed by atoms with Gasteiger partial charge in [0.25, 0.3) is 11.1 Å². The van der Waals surface area contributed by atoms with E-state index in [-0.39, 0.29) is 41.5 Å². The topological polar surface area (TPSA) is 130 Å². The lowest BCUT2D eigenvalue weighted by atomic mass is 9.86. The Labute approximate surface area is 233 Å². The summed E-state index contributed by atoms with van der Waals surface area (Å²) in [5.74, 6) is -2.89. The molecule has 3 rings (SSSR count). The number of hydrogen-bond donors (Lipinski definition) is 2. The zero-order chi connectivity index (χ0) is 27.9. The highest BCUT2D eigenvalue weighted by atomic mass is 79.9. The van der Waals surface area contributed by atoms with Gasteiger partial charge in [-0.3, -0.25) is 27.9 Å². The first-order chi connectivity index (χ1) is 17.2. The summed E-state index contributed by atoms with van der Waals surface area (Å²) in [7, 11) is 6.95. The van der Waals surface area contributed by atoms with Gasteiger partial charge in [0.15, 0.2) is 21.9 Å². The molecule has 0 fully saturated rings. The van der Waals surface area contributed by atoms with Crippen molar-refractivity contribution in [1.82, 2.24) is 18.3 Å². The average molecular weight is 634 g/mol. The maximum absolute atomic E-state index is 13.4. The Morgan fingerprint density at radius 3 is 1.84 bits per heavy atom. The van der Waals surface area contributed by atoms with Gasteiger partial charge in [0.1, 0.15) is 0 Å². The van der Waals surface area contributed by atoms with Gasteiger partial charge >= 0.3 is 5.97 Å². The molecule has 2 N–H and O–H groups in total. The van der Waals surface area contributed by atoms with Crippen molar-refractivity contribution in [2.24, 2.45) is 28.2 Å². The molecule has 198 valence electrons. The van der Waals surface area contributed by atoms with Crippen LogP contribution in [-0.4, -0.2) is 48.2 Å². The maximum Gasteiger partial charge on any atom is 0.343 e. The molecule has 0 spiro atoms. The molecule has 3 aromatic rings. The molecule has 0 aliphatic rings. The SMILES string of the molecule is COC(=O)COc1c(Cl)cc(C(c2c(O)n(C)c(=S)n(C)c2=O)c2c(O)n(C)c(=S)n(C)c2=O)cc1Br. The van der Waals surface area contributed by atoms with Crippen LogP contribution in [0, 0.1) is 9.54 Å². The fraction of sp³-hybridized carbons (Fsp3) is 0.318. The van der Waals surface area contributed by atoms with Crippen molar-refractivity contribution in [1.29, 1.82) is 0 Å². The maximum atomic E-state index is 13.4. The second-order valence-electron chi connectivity index (χ2n) is 8.00. The quantitative estimate of drug-likeness (QED) is 0.311. The Hall–Kier alpha value is -2.94. The molecule has 0 aliphatic carbocycles. The molecule has 0 radical (unpaired) electrons. The molecule has 0 atom stereocenters. The van der Waals surface area contributed by atoms with E-state index in [1.54, 1.807) is 0 Å². The number of aromatic hydroxyl groups is 2. The largest absolute Gasteiger partial charge is 0.494 e. The number of methoxy groups -OCH3 is 1. The second kappa shape index (κ2) is 10.8. The van der Waals surface area contributed by atoms with Crippen LogP contribution in [0.4, 0.5) is 0 Å². The fourth-order valence-corrected chi connectivity index (χ4v) is 5.10. The molecule has 15 heteroatoms. The highest BCUT2D eigenvalue weighted by Crippen LogP contribution is 2.42. The second-order valence-corrected chi connectivity index (χ2v) is 9.99. The number of benzene rings is 1. The van der Waals surface area contributed by atoms with Crippen molar-refractivity contribution >= 4 is 57.9 Å². The van der Waals surface area contributed by atoms with E-state index >= 15 is 0 Å². The van der Waals surface area contributed by atoms with Crippen LogP contribution in [-0.2, 0) is 37.7 Å². The van der Waals surface area contributed by atoms with Gasteiger partial charge in [-0.25, -0.2) is 4.79 Å². The number of rotatable bonds is 6. The Balaban J connectivity index is 2.46. The number of carbonyl (C=O) groups is 1. The van der Waals surface area contributed by atoms with E-state index in [0.717, 1.165) is 9.13 Å². The lowest BCUT2D eigenvalue weighted by molar-refractivity contribution is -0.142. The predicted octanol–water partition coefficient (Wildman–Crippen LogP) is 2.78. The minimum Gasteiger partial charge on any atom is -0.494 e. The van der Waals surface area contributed by atoms with Crippen LogP contribution in [0.15, 0.2) is 26.2 Å². The highest BCUT2D eigenvalue weighted by Gasteiger charge is 2.33. The monoisotopic (exact) mass is 632 g/mol. The van der Waals surface area contributed by atoms with E-state index in [1.165, 1.54) is 56.6 Å². The lowest BCUT2D eigenvalue weighted by Crippen LogP contribution is -2.33. The molecule has 0 bridgehead atoms. The smallest absolute Gasteiger partial charge is 0.343 e. The van der Waals surface area contributed by atoms with Crippen LogP contribution in [0.25, 0.3) is 0 Å². The predicted molar refractivity (Wildman–Crippen MR) is 144 cm³/mol. The molecule has 2 aromatic heterocycles. The van der Waals surface area contributed by atoms with Crippen molar-refractivity contribution in [3.05, 3.63) is 68.6 Å². The minimum absolute atomic E-state index is 0.0134. The van der Waals surface area contributed by atoms with Gasteiger partial charge in [0.05, 0.1) is 33.6 Å². The normalized spacial score (nSPS) is 11.1. The highest BCUT2D eigenvalue weighted by molar-refractivity contribution is 9.10. The number of aromatic nitrogens is 4. The standard InChI is InChI=1S/C22H22BrClN4O7S2/c1-25-17(30)14(18(31)26(2)21(25)36)13(15-19(32)27(3)22(37)28(4)20(15)33)9-6-10(23)16(11(24)7-9)35-8-12(29)34-5/h6-7,13,30,32H,8H2,1-5H3. The van der Waals surface area contributed by atoms with Crippen LogP contribution in [0.1, 0.15) is 22.6 Å². The van der Waals surface area contributed by atoms with E-state index < -0.39 is 41.4 Å². The molecule has 1 aromatic carbocycles. The van der Waals surface area contributed by atoms with Crippen molar-refractivity contribution in [2.45, 2.75) is 5.92 Å². The van der Waals surface area contributed by atoms with Crippen LogP contribution in [0.2, 0.25) is 5.02 Å². The Bertz CT molecular complexity index is 1570. The number of halogens is 2. The fourth-order valence-electron chi connectivity index (χ4n) is 3.78. The number of esters is 1. The van der Waals surface area contributed by atoms with Crippen molar-refractivity contribution in [3.63, 3.8) is 0 Å². The zero-order valence-corrected chi connectivity index (χ0v) is 24.2. The van der Waals surface area contributed by atoms with Crippen molar-refractivity contribution in [2.75, 3.05) is 13.7 Å². The van der Waals surface area contributed by atoms with Gasteiger partial charge < -0.3 is 19.7 Å². The molecular formula is C22H22BrClN4O7S2. The first-order valence-electron chi connectivity index (χ1n) is 10.4. The molecule has 0 amide bonds. The minimum atomic E-state index is -1.33. The number of carbonyl (C=O) groups excluding carboxylic acids is 1. The number of nitrogens with zero attached hydrogens (tertiary/aromatic N) is 4. The number of hydrogen-bond acceptors (Lipinski definition) is 9. The van der Waals surface area contributed by atoms with Crippen LogP contribution in [0.5, 0.6) is 17.5 Å². The summed E-state index contributed by atoms with van der Waals surface area (Å²) in [6.45, 7) is -0.424. The summed E-state index contributed by atoms with van der Waals surface area (Å²) in [4.78, 5) is 38.4. The first kappa shape index (κ1) is 28.6.